The Bertz CT molecular complexity index is 928. The van der Waals surface area contributed by atoms with E-state index in [-0.39, 0.29) is 5.91 Å². The van der Waals surface area contributed by atoms with Crippen molar-refractivity contribution >= 4 is 28.6 Å². The van der Waals surface area contributed by atoms with Gasteiger partial charge in [0.25, 0.3) is 5.91 Å². The Kier molecular flexibility index (Phi) is 3.76. The standard InChI is InChI=1S/C18H19N5O2/c1-12-6-7-15(25-12)17(24)22-8-10-23(11-9-22)18-20-14-5-3-2-4-13(14)16(19)21-18/h2-7H,8-11H2,1H3,(H2,19,20,21). The first-order valence-electron chi connectivity index (χ1n) is 8.25. The van der Waals surface area contributed by atoms with Crippen molar-refractivity contribution in [2.75, 3.05) is 36.8 Å². The zero-order valence-electron chi connectivity index (χ0n) is 14.0. The van der Waals surface area contributed by atoms with Crippen LogP contribution in [0.4, 0.5) is 11.8 Å². The summed E-state index contributed by atoms with van der Waals surface area (Å²) in [6.45, 7) is 4.33. The molecular weight excluding hydrogens is 318 g/mol. The molecule has 4 rings (SSSR count). The Hall–Kier alpha value is -3.09. The summed E-state index contributed by atoms with van der Waals surface area (Å²) >= 11 is 0. The number of aryl methyl sites for hydroxylation is 1. The lowest BCUT2D eigenvalue weighted by Crippen LogP contribution is -2.49. The lowest BCUT2D eigenvalue weighted by Gasteiger charge is -2.34. The van der Waals surface area contributed by atoms with Gasteiger partial charge in [-0.3, -0.25) is 4.79 Å². The molecule has 0 atom stereocenters. The number of benzene rings is 1. The minimum Gasteiger partial charge on any atom is -0.456 e. The molecule has 25 heavy (non-hydrogen) atoms. The van der Waals surface area contributed by atoms with Gasteiger partial charge in [0.15, 0.2) is 5.76 Å². The summed E-state index contributed by atoms with van der Waals surface area (Å²) in [6.07, 6.45) is 0. The van der Waals surface area contributed by atoms with Crippen LogP contribution in [0.2, 0.25) is 0 Å². The Labute approximate surface area is 145 Å². The van der Waals surface area contributed by atoms with Crippen LogP contribution in [0.15, 0.2) is 40.8 Å². The van der Waals surface area contributed by atoms with Crippen molar-refractivity contribution in [2.45, 2.75) is 6.92 Å². The molecule has 2 N–H and O–H groups in total. The molecule has 0 radical (unpaired) electrons. The van der Waals surface area contributed by atoms with Gasteiger partial charge in [-0.05, 0) is 31.2 Å². The number of amides is 1. The molecule has 7 nitrogen and oxygen atoms in total. The van der Waals surface area contributed by atoms with E-state index in [1.807, 2.05) is 31.2 Å². The number of para-hydroxylation sites is 1. The number of carbonyl (C=O) groups is 1. The van der Waals surface area contributed by atoms with Crippen LogP contribution >= 0.6 is 0 Å². The van der Waals surface area contributed by atoms with Gasteiger partial charge in [0.1, 0.15) is 11.6 Å². The third-order valence-electron chi connectivity index (χ3n) is 4.42. The highest BCUT2D eigenvalue weighted by Gasteiger charge is 2.25. The fourth-order valence-electron chi connectivity index (χ4n) is 3.04. The fourth-order valence-corrected chi connectivity index (χ4v) is 3.04. The molecule has 0 bridgehead atoms. The van der Waals surface area contributed by atoms with E-state index < -0.39 is 0 Å². The van der Waals surface area contributed by atoms with Crippen LogP contribution in [0.1, 0.15) is 16.3 Å². The van der Waals surface area contributed by atoms with Crippen molar-refractivity contribution in [3.63, 3.8) is 0 Å². The molecule has 0 unspecified atom stereocenters. The molecule has 128 valence electrons. The van der Waals surface area contributed by atoms with Gasteiger partial charge in [-0.2, -0.15) is 4.98 Å². The van der Waals surface area contributed by atoms with Crippen LogP contribution in [0.3, 0.4) is 0 Å². The average Bonchev–Trinajstić information content (AvgIpc) is 3.07. The smallest absolute Gasteiger partial charge is 0.289 e. The lowest BCUT2D eigenvalue weighted by atomic mass is 10.2. The van der Waals surface area contributed by atoms with E-state index in [0.717, 1.165) is 16.7 Å². The summed E-state index contributed by atoms with van der Waals surface area (Å²) in [4.78, 5) is 25.3. The molecule has 1 saturated heterocycles. The number of fused-ring (bicyclic) bond motifs is 1. The largest absolute Gasteiger partial charge is 0.456 e. The number of nitrogens with two attached hydrogens (primary N) is 1. The first-order valence-corrected chi connectivity index (χ1v) is 8.25. The molecule has 1 amide bonds. The van der Waals surface area contributed by atoms with Crippen molar-refractivity contribution in [1.29, 1.82) is 0 Å². The summed E-state index contributed by atoms with van der Waals surface area (Å²) in [5.41, 5.74) is 6.89. The van der Waals surface area contributed by atoms with Gasteiger partial charge in [-0.25, -0.2) is 4.98 Å². The second-order valence-electron chi connectivity index (χ2n) is 6.12. The van der Waals surface area contributed by atoms with E-state index in [1.54, 1.807) is 17.0 Å². The predicted molar refractivity (Wildman–Crippen MR) is 95.5 cm³/mol. The van der Waals surface area contributed by atoms with Gasteiger partial charge in [0.05, 0.1) is 5.52 Å². The van der Waals surface area contributed by atoms with Crippen LogP contribution in [-0.2, 0) is 0 Å². The van der Waals surface area contributed by atoms with Crippen LogP contribution in [0.5, 0.6) is 0 Å². The number of hydrogen-bond donors (Lipinski definition) is 1. The van der Waals surface area contributed by atoms with E-state index in [4.69, 9.17) is 10.2 Å². The number of carbonyl (C=O) groups excluding carboxylic acids is 1. The average molecular weight is 337 g/mol. The highest BCUT2D eigenvalue weighted by molar-refractivity contribution is 5.92. The van der Waals surface area contributed by atoms with Gasteiger partial charge in [0.2, 0.25) is 5.95 Å². The molecule has 3 heterocycles. The van der Waals surface area contributed by atoms with Crippen molar-refractivity contribution in [3.8, 4) is 0 Å². The molecule has 1 fully saturated rings. The quantitative estimate of drug-likeness (QED) is 0.770. The van der Waals surface area contributed by atoms with E-state index in [1.165, 1.54) is 0 Å². The zero-order valence-corrected chi connectivity index (χ0v) is 14.0. The second-order valence-corrected chi connectivity index (χ2v) is 6.12. The highest BCUT2D eigenvalue weighted by Crippen LogP contribution is 2.22. The van der Waals surface area contributed by atoms with Gasteiger partial charge < -0.3 is 20.0 Å². The van der Waals surface area contributed by atoms with Crippen LogP contribution in [-0.4, -0.2) is 47.0 Å². The summed E-state index contributed by atoms with van der Waals surface area (Å²) < 4.78 is 5.43. The van der Waals surface area contributed by atoms with Gasteiger partial charge in [-0.1, -0.05) is 12.1 Å². The third-order valence-corrected chi connectivity index (χ3v) is 4.42. The molecule has 2 aromatic heterocycles. The minimum absolute atomic E-state index is 0.0771. The maximum absolute atomic E-state index is 12.4. The maximum atomic E-state index is 12.4. The summed E-state index contributed by atoms with van der Waals surface area (Å²) in [7, 11) is 0. The molecule has 0 aliphatic carbocycles. The van der Waals surface area contributed by atoms with Crippen LogP contribution < -0.4 is 10.6 Å². The SMILES string of the molecule is Cc1ccc(C(=O)N2CCN(c3nc(N)c4ccccc4n3)CC2)o1. The number of nitrogen functional groups attached to an aromatic ring is 1. The van der Waals surface area contributed by atoms with E-state index in [0.29, 0.717) is 43.7 Å². The molecular formula is C18H19N5O2. The molecule has 7 heteroatoms. The number of furan rings is 1. The maximum Gasteiger partial charge on any atom is 0.289 e. The molecule has 0 spiro atoms. The Morgan fingerprint density at radius 1 is 1.08 bits per heavy atom. The van der Waals surface area contributed by atoms with Crippen LogP contribution in [0.25, 0.3) is 10.9 Å². The lowest BCUT2D eigenvalue weighted by molar-refractivity contribution is 0.0713. The van der Waals surface area contributed by atoms with E-state index in [2.05, 4.69) is 14.9 Å². The second kappa shape index (κ2) is 6.08. The van der Waals surface area contributed by atoms with E-state index >= 15 is 0 Å². The van der Waals surface area contributed by atoms with Gasteiger partial charge in [0, 0.05) is 31.6 Å². The topological polar surface area (TPSA) is 88.5 Å². The van der Waals surface area contributed by atoms with Crippen molar-refractivity contribution in [1.82, 2.24) is 14.9 Å². The molecule has 1 aliphatic heterocycles. The number of aromatic nitrogens is 2. The normalized spacial score (nSPS) is 14.9. The number of rotatable bonds is 2. The number of anilines is 2. The van der Waals surface area contributed by atoms with Crippen molar-refractivity contribution < 1.29 is 9.21 Å². The highest BCUT2D eigenvalue weighted by atomic mass is 16.3. The molecule has 1 aliphatic rings. The zero-order chi connectivity index (χ0) is 17.4. The fraction of sp³-hybridized carbons (Fsp3) is 0.278. The number of nitrogens with zero attached hydrogens (tertiary/aromatic N) is 4. The Morgan fingerprint density at radius 3 is 2.56 bits per heavy atom. The van der Waals surface area contributed by atoms with Crippen LogP contribution in [0, 0.1) is 6.92 Å². The van der Waals surface area contributed by atoms with E-state index in [9.17, 15) is 4.79 Å². The molecule has 3 aromatic rings. The first kappa shape index (κ1) is 15.4. The molecule has 1 aromatic carbocycles. The Balaban J connectivity index is 1.49. The van der Waals surface area contributed by atoms with Gasteiger partial charge >= 0.3 is 0 Å². The first-order chi connectivity index (χ1) is 12.1. The predicted octanol–water partition coefficient (Wildman–Crippen LogP) is 2.08. The summed E-state index contributed by atoms with van der Waals surface area (Å²) in [5.74, 6) is 2.13. The summed E-state index contributed by atoms with van der Waals surface area (Å²) in [6, 6.07) is 11.2. The molecule has 0 saturated carbocycles. The number of piperazine rings is 1. The van der Waals surface area contributed by atoms with Gasteiger partial charge in [-0.15, -0.1) is 0 Å². The third kappa shape index (κ3) is 2.88. The Morgan fingerprint density at radius 2 is 1.84 bits per heavy atom. The van der Waals surface area contributed by atoms with Crippen molar-refractivity contribution in [2.24, 2.45) is 0 Å². The monoisotopic (exact) mass is 337 g/mol. The number of hydrogen-bond acceptors (Lipinski definition) is 6. The minimum atomic E-state index is -0.0771. The van der Waals surface area contributed by atoms with Crippen molar-refractivity contribution in [3.05, 3.63) is 47.9 Å². The summed E-state index contributed by atoms with van der Waals surface area (Å²) in [5, 5.41) is 0.855.